The summed E-state index contributed by atoms with van der Waals surface area (Å²) in [7, 11) is 0. The van der Waals surface area contributed by atoms with Crippen LogP contribution in [0, 0.1) is 24.1 Å². The van der Waals surface area contributed by atoms with Gasteiger partial charge in [0, 0.05) is 50.2 Å². The summed E-state index contributed by atoms with van der Waals surface area (Å²) in [5.41, 5.74) is 1.75. The van der Waals surface area contributed by atoms with Gasteiger partial charge in [-0.1, -0.05) is 0 Å². The van der Waals surface area contributed by atoms with E-state index in [0.717, 1.165) is 50.7 Å². The molecule has 1 aromatic carbocycles. The quantitative estimate of drug-likeness (QED) is 0.254. The largest absolute Gasteiger partial charge is 0.451 e. The van der Waals surface area contributed by atoms with Crippen molar-refractivity contribution < 1.29 is 13.9 Å². The maximum atomic E-state index is 14.4. The van der Waals surface area contributed by atoms with Crippen molar-refractivity contribution in [1.29, 1.82) is 0 Å². The molecule has 1 amide bonds. The Labute approximate surface area is 284 Å². The number of carbonyl (C=O) groups is 1. The Kier molecular flexibility index (Phi) is 10.4. The number of hydrogen-bond acceptors (Lipinski definition) is 9. The first-order valence-electron chi connectivity index (χ1n) is 17.7. The normalized spacial score (nSPS) is 20.1. The summed E-state index contributed by atoms with van der Waals surface area (Å²) >= 11 is 0. The van der Waals surface area contributed by atoms with Gasteiger partial charge in [-0.15, -0.1) is 0 Å². The van der Waals surface area contributed by atoms with Gasteiger partial charge in [0.05, 0.1) is 11.8 Å². The number of anilines is 2. The number of amides is 1. The van der Waals surface area contributed by atoms with Crippen LogP contribution < -0.4 is 15.0 Å². The number of carbonyl (C=O) groups excluding carboxylic acids is 1. The number of likely N-dealkylation sites (tertiary alicyclic amines) is 1. The fraction of sp³-hybridized carbons (Fsp3) is 0.595. The van der Waals surface area contributed by atoms with Gasteiger partial charge in [0.2, 0.25) is 5.95 Å². The van der Waals surface area contributed by atoms with Crippen LogP contribution in [0.2, 0.25) is 0 Å². The first kappa shape index (κ1) is 34.0. The van der Waals surface area contributed by atoms with Gasteiger partial charge >= 0.3 is 0 Å². The standard InChI is InChI=1S/C37H51FN8O2/c1-25(2)46(26(3)4)35(47)31-18-29(38)6-7-32(31)48-33-21-39-24-42-34(33)45-15-10-28(23-45)22-44-16-13-37(14-17-44)11-8-30(9-12-37)43-36-40-19-27(5)20-41-36/h6-7,18-21,24-26,28,30H,8-17,22-23H2,1-5H3,(H,40,41,43)/t28-/m0/s1. The van der Waals surface area contributed by atoms with Crippen LogP contribution in [0.25, 0.3) is 0 Å². The molecule has 48 heavy (non-hydrogen) atoms. The Morgan fingerprint density at radius 1 is 0.979 bits per heavy atom. The topological polar surface area (TPSA) is 99.6 Å². The first-order valence-corrected chi connectivity index (χ1v) is 17.7. The van der Waals surface area contributed by atoms with Gasteiger partial charge in [-0.05, 0) is 128 Å². The summed E-state index contributed by atoms with van der Waals surface area (Å²) in [6, 6.07) is 4.47. The molecule has 0 radical (unpaired) electrons. The zero-order chi connectivity index (χ0) is 33.8. The maximum absolute atomic E-state index is 14.4. The van der Waals surface area contributed by atoms with Gasteiger partial charge in [-0.2, -0.15) is 0 Å². The molecule has 258 valence electrons. The van der Waals surface area contributed by atoms with Crippen molar-refractivity contribution in [2.24, 2.45) is 11.3 Å². The fourth-order valence-corrected chi connectivity index (χ4v) is 7.97. The molecule has 2 saturated heterocycles. The lowest BCUT2D eigenvalue weighted by Crippen LogP contribution is -2.45. The minimum atomic E-state index is -0.480. The van der Waals surface area contributed by atoms with Crippen molar-refractivity contribution in [3.8, 4) is 11.5 Å². The molecule has 6 rings (SSSR count). The van der Waals surface area contributed by atoms with E-state index in [1.165, 1.54) is 63.1 Å². The summed E-state index contributed by atoms with van der Waals surface area (Å²) in [5.74, 6) is 2.01. The van der Waals surface area contributed by atoms with Crippen molar-refractivity contribution in [3.63, 3.8) is 0 Å². The molecule has 1 atom stereocenters. The molecule has 1 aliphatic carbocycles. The Hall–Kier alpha value is -3.86. The van der Waals surface area contributed by atoms with Crippen molar-refractivity contribution >= 4 is 17.7 Å². The molecule has 1 saturated carbocycles. The SMILES string of the molecule is Cc1cnc(NC2CCC3(CC2)CCN(C[C@@H]2CCN(c4ncncc4Oc4ccc(F)cc4C(=O)N(C(C)C)C(C)C)C2)CC3)nc1. The van der Waals surface area contributed by atoms with Crippen molar-refractivity contribution in [3.05, 3.63) is 60.1 Å². The lowest BCUT2D eigenvalue weighted by atomic mass is 9.67. The van der Waals surface area contributed by atoms with Gasteiger partial charge in [-0.25, -0.2) is 24.3 Å². The van der Waals surface area contributed by atoms with Crippen LogP contribution in [-0.4, -0.2) is 86.5 Å². The molecular formula is C37H51FN8O2. The van der Waals surface area contributed by atoms with Gasteiger partial charge in [0.15, 0.2) is 11.6 Å². The number of halogens is 1. The molecule has 10 nitrogen and oxygen atoms in total. The molecule has 0 bridgehead atoms. The molecule has 2 aromatic heterocycles. The van der Waals surface area contributed by atoms with Crippen LogP contribution >= 0.6 is 0 Å². The average Bonchev–Trinajstić information content (AvgIpc) is 3.53. The van der Waals surface area contributed by atoms with E-state index < -0.39 is 5.82 Å². The third-order valence-corrected chi connectivity index (χ3v) is 10.6. The predicted molar refractivity (Wildman–Crippen MR) is 186 cm³/mol. The second-order valence-electron chi connectivity index (χ2n) is 14.8. The zero-order valence-electron chi connectivity index (χ0n) is 29.2. The van der Waals surface area contributed by atoms with Gasteiger partial charge in [0.25, 0.3) is 5.91 Å². The Morgan fingerprint density at radius 2 is 1.69 bits per heavy atom. The molecule has 3 aliphatic rings. The van der Waals surface area contributed by atoms with E-state index in [2.05, 4.69) is 35.1 Å². The van der Waals surface area contributed by atoms with E-state index in [-0.39, 0.29) is 23.6 Å². The maximum Gasteiger partial charge on any atom is 0.258 e. The average molecular weight is 659 g/mol. The molecule has 3 aromatic rings. The predicted octanol–water partition coefficient (Wildman–Crippen LogP) is 6.73. The van der Waals surface area contributed by atoms with Crippen LogP contribution in [0.4, 0.5) is 16.2 Å². The van der Waals surface area contributed by atoms with E-state index in [0.29, 0.717) is 34.7 Å². The van der Waals surface area contributed by atoms with Crippen molar-refractivity contribution in [1.82, 2.24) is 29.7 Å². The van der Waals surface area contributed by atoms with E-state index in [4.69, 9.17) is 4.74 Å². The van der Waals surface area contributed by atoms with E-state index in [1.54, 1.807) is 11.1 Å². The lowest BCUT2D eigenvalue weighted by Gasteiger charge is -2.46. The van der Waals surface area contributed by atoms with Crippen LogP contribution in [0.1, 0.15) is 88.6 Å². The number of nitrogens with one attached hydrogen (secondary N) is 1. The second kappa shape index (κ2) is 14.7. The Bertz CT molecular complexity index is 1520. The molecular weight excluding hydrogens is 607 g/mol. The van der Waals surface area contributed by atoms with Crippen LogP contribution in [0.5, 0.6) is 11.5 Å². The fourth-order valence-electron chi connectivity index (χ4n) is 7.97. The molecule has 3 fully saturated rings. The first-order chi connectivity index (χ1) is 23.1. The summed E-state index contributed by atoms with van der Waals surface area (Å²) in [6.07, 6.45) is 15.4. The number of benzene rings is 1. The van der Waals surface area contributed by atoms with E-state index in [1.807, 2.05) is 47.0 Å². The second-order valence-corrected chi connectivity index (χ2v) is 14.8. The Balaban J connectivity index is 1.03. The summed E-state index contributed by atoms with van der Waals surface area (Å²) in [4.78, 5) is 38.0. The van der Waals surface area contributed by atoms with Crippen molar-refractivity contribution in [2.45, 2.75) is 97.7 Å². The Morgan fingerprint density at radius 3 is 2.38 bits per heavy atom. The van der Waals surface area contributed by atoms with Gasteiger partial charge in [-0.3, -0.25) is 4.79 Å². The third-order valence-electron chi connectivity index (χ3n) is 10.6. The molecule has 2 aliphatic heterocycles. The highest BCUT2D eigenvalue weighted by atomic mass is 19.1. The molecule has 1 spiro atoms. The molecule has 0 unspecified atom stereocenters. The minimum absolute atomic E-state index is 0.0477. The number of piperidine rings is 1. The number of nitrogens with zero attached hydrogens (tertiary/aromatic N) is 7. The minimum Gasteiger partial charge on any atom is -0.451 e. The zero-order valence-corrected chi connectivity index (χ0v) is 29.2. The van der Waals surface area contributed by atoms with Gasteiger partial charge in [0.1, 0.15) is 17.9 Å². The highest BCUT2D eigenvalue weighted by molar-refractivity contribution is 5.97. The summed E-state index contributed by atoms with van der Waals surface area (Å²) in [5, 5.41) is 3.56. The van der Waals surface area contributed by atoms with Gasteiger partial charge < -0.3 is 24.8 Å². The molecule has 1 N–H and O–H groups in total. The number of hydrogen-bond donors (Lipinski definition) is 1. The monoisotopic (exact) mass is 658 g/mol. The van der Waals surface area contributed by atoms with Crippen LogP contribution in [0.15, 0.2) is 43.1 Å². The van der Waals surface area contributed by atoms with Crippen molar-refractivity contribution in [2.75, 3.05) is 42.9 Å². The smallest absolute Gasteiger partial charge is 0.258 e. The number of rotatable bonds is 10. The summed E-state index contributed by atoms with van der Waals surface area (Å²) in [6.45, 7) is 15.0. The van der Waals surface area contributed by atoms with Crippen LogP contribution in [-0.2, 0) is 0 Å². The highest BCUT2D eigenvalue weighted by Crippen LogP contribution is 2.45. The third kappa shape index (κ3) is 7.88. The summed E-state index contributed by atoms with van der Waals surface area (Å²) < 4.78 is 20.7. The highest BCUT2D eigenvalue weighted by Gasteiger charge is 2.39. The number of aromatic nitrogens is 4. The number of aryl methyl sites for hydroxylation is 1. The van der Waals surface area contributed by atoms with E-state index in [9.17, 15) is 9.18 Å². The van der Waals surface area contributed by atoms with E-state index >= 15 is 0 Å². The van der Waals surface area contributed by atoms with Crippen LogP contribution in [0.3, 0.4) is 0 Å². The molecule has 11 heteroatoms. The molecule has 4 heterocycles. The number of ether oxygens (including phenoxy) is 1. The lowest BCUT2D eigenvalue weighted by molar-refractivity contribution is 0.0583.